The first-order chi connectivity index (χ1) is 14.8. The maximum absolute atomic E-state index is 12.9. The number of ketones is 1. The van der Waals surface area contributed by atoms with Crippen molar-refractivity contribution in [2.24, 2.45) is 0 Å². The monoisotopic (exact) mass is 428 g/mol. The Labute approximate surface area is 181 Å². The average molecular weight is 428 g/mol. The summed E-state index contributed by atoms with van der Waals surface area (Å²) in [5.74, 6) is 0.568. The number of rotatable bonds is 5. The first-order valence-corrected chi connectivity index (χ1v) is 10.5. The van der Waals surface area contributed by atoms with Crippen LogP contribution in [0.4, 0.5) is 0 Å². The highest BCUT2D eigenvalue weighted by Crippen LogP contribution is 2.23. The van der Waals surface area contributed by atoms with E-state index in [2.05, 4.69) is 10.1 Å². The molecule has 0 bridgehead atoms. The zero-order valence-corrected chi connectivity index (χ0v) is 18.3. The Morgan fingerprint density at radius 3 is 2.35 bits per heavy atom. The molecule has 0 spiro atoms. The second kappa shape index (κ2) is 8.76. The summed E-state index contributed by atoms with van der Waals surface area (Å²) in [6.45, 7) is 8.81. The minimum absolute atomic E-state index is 0.0443. The molecule has 0 aromatic carbocycles. The van der Waals surface area contributed by atoms with Crippen molar-refractivity contribution in [2.75, 3.05) is 26.3 Å². The molecule has 2 saturated heterocycles. The summed E-state index contributed by atoms with van der Waals surface area (Å²) in [4.78, 5) is 30.6. The fraction of sp³-hybridized carbons (Fsp3) is 0.545. The van der Waals surface area contributed by atoms with Gasteiger partial charge in [-0.15, -0.1) is 0 Å². The highest BCUT2D eigenvalue weighted by molar-refractivity contribution is 5.96. The molecule has 2 aliphatic rings. The number of hydrogen-bond donors (Lipinski definition) is 0. The predicted molar refractivity (Wildman–Crippen MR) is 111 cm³/mol. The number of carbonyl (C=O) groups is 2. The van der Waals surface area contributed by atoms with Gasteiger partial charge in [0.05, 0.1) is 30.7 Å². The van der Waals surface area contributed by atoms with E-state index in [0.717, 1.165) is 5.69 Å². The second-order valence-electron chi connectivity index (χ2n) is 8.18. The molecule has 4 rings (SSSR count). The Morgan fingerprint density at radius 1 is 1.13 bits per heavy atom. The van der Waals surface area contributed by atoms with E-state index in [4.69, 9.17) is 14.2 Å². The quantitative estimate of drug-likeness (QED) is 0.666. The number of fused-ring (bicyclic) bond motifs is 1. The van der Waals surface area contributed by atoms with Crippen LogP contribution in [0.1, 0.15) is 34.4 Å². The number of aromatic nitrogens is 3. The highest BCUT2D eigenvalue weighted by atomic mass is 16.6. The lowest BCUT2D eigenvalue weighted by Crippen LogP contribution is -2.35. The summed E-state index contributed by atoms with van der Waals surface area (Å²) in [7, 11) is 0. The number of Topliss-reactive ketones (excluding diaryl/α,β-unsaturated/α-hetero) is 1. The van der Waals surface area contributed by atoms with Crippen LogP contribution in [-0.4, -0.2) is 76.0 Å². The summed E-state index contributed by atoms with van der Waals surface area (Å²) in [5, 5.41) is 4.37. The molecule has 9 nitrogen and oxygen atoms in total. The van der Waals surface area contributed by atoms with Crippen LogP contribution >= 0.6 is 0 Å². The summed E-state index contributed by atoms with van der Waals surface area (Å²) in [6.07, 6.45) is 1.08. The van der Waals surface area contributed by atoms with E-state index in [-0.39, 0.29) is 36.5 Å². The fourth-order valence-electron chi connectivity index (χ4n) is 4.15. The summed E-state index contributed by atoms with van der Waals surface area (Å²) in [6, 6.07) is 3.78. The molecule has 0 N–H and O–H groups in total. The number of nitrogens with zero attached hydrogens (tertiary/aromatic N) is 4. The van der Waals surface area contributed by atoms with Crippen LogP contribution in [0.3, 0.4) is 0 Å². The van der Waals surface area contributed by atoms with Gasteiger partial charge in [0.1, 0.15) is 30.6 Å². The van der Waals surface area contributed by atoms with Crippen LogP contribution in [0.5, 0.6) is 5.75 Å². The van der Waals surface area contributed by atoms with Gasteiger partial charge in [-0.05, 0) is 39.8 Å². The SMILES string of the molecule is CC(=O)c1c(C)nn(CC(=O)N2C[C@@H]3OCC(Oc4ccc(C)nc4)CO[C@H]3C2)c1C. The number of carbonyl (C=O) groups excluding carboxylic acids is 2. The summed E-state index contributed by atoms with van der Waals surface area (Å²) < 4.78 is 19.5. The van der Waals surface area contributed by atoms with E-state index in [9.17, 15) is 9.59 Å². The van der Waals surface area contributed by atoms with Gasteiger partial charge in [0.2, 0.25) is 5.91 Å². The van der Waals surface area contributed by atoms with Crippen LogP contribution < -0.4 is 4.74 Å². The molecule has 2 atom stereocenters. The topological polar surface area (TPSA) is 95.8 Å². The minimum atomic E-state index is -0.223. The van der Waals surface area contributed by atoms with Crippen molar-refractivity contribution in [3.8, 4) is 5.75 Å². The number of pyridine rings is 1. The molecule has 0 unspecified atom stereocenters. The molecule has 4 heterocycles. The van der Waals surface area contributed by atoms with Gasteiger partial charge in [0, 0.05) is 24.5 Å². The van der Waals surface area contributed by atoms with Gasteiger partial charge < -0.3 is 19.1 Å². The zero-order chi connectivity index (χ0) is 22.1. The highest BCUT2D eigenvalue weighted by Gasteiger charge is 2.40. The largest absolute Gasteiger partial charge is 0.484 e. The van der Waals surface area contributed by atoms with Crippen molar-refractivity contribution in [1.29, 1.82) is 0 Å². The number of amides is 1. The first kappa shape index (κ1) is 21.5. The standard InChI is InChI=1S/C22H28N4O5/c1-13-5-6-17(7-23-13)31-18-11-29-19-8-25(9-20(19)30-12-18)21(28)10-26-15(3)22(16(4)27)14(2)24-26/h5-7,18-20H,8-12H2,1-4H3/t19-,20-/m0/s1. The molecule has 166 valence electrons. The minimum Gasteiger partial charge on any atom is -0.484 e. The molecule has 9 heteroatoms. The Bertz CT molecular complexity index is 955. The van der Waals surface area contributed by atoms with E-state index in [1.54, 1.807) is 22.7 Å². The van der Waals surface area contributed by atoms with Gasteiger partial charge in [-0.2, -0.15) is 5.10 Å². The summed E-state index contributed by atoms with van der Waals surface area (Å²) in [5.41, 5.74) is 2.87. The molecular formula is C22H28N4O5. The van der Waals surface area contributed by atoms with Crippen molar-refractivity contribution in [3.63, 3.8) is 0 Å². The van der Waals surface area contributed by atoms with Crippen LogP contribution in [0, 0.1) is 20.8 Å². The van der Waals surface area contributed by atoms with Crippen LogP contribution in [-0.2, 0) is 20.8 Å². The van der Waals surface area contributed by atoms with Crippen molar-refractivity contribution in [3.05, 3.63) is 41.0 Å². The third-order valence-corrected chi connectivity index (χ3v) is 5.77. The van der Waals surface area contributed by atoms with E-state index in [1.165, 1.54) is 6.92 Å². The van der Waals surface area contributed by atoms with Crippen molar-refractivity contribution in [2.45, 2.75) is 52.6 Å². The lowest BCUT2D eigenvalue weighted by Gasteiger charge is -2.20. The van der Waals surface area contributed by atoms with Gasteiger partial charge in [-0.1, -0.05) is 0 Å². The Balaban J connectivity index is 1.33. The van der Waals surface area contributed by atoms with E-state index >= 15 is 0 Å². The first-order valence-electron chi connectivity index (χ1n) is 10.5. The molecule has 31 heavy (non-hydrogen) atoms. The molecule has 0 radical (unpaired) electrons. The number of ether oxygens (including phenoxy) is 3. The maximum atomic E-state index is 12.9. The molecule has 0 aliphatic carbocycles. The Morgan fingerprint density at radius 2 is 1.81 bits per heavy atom. The molecule has 2 aromatic rings. The predicted octanol–water partition coefficient (Wildman–Crippen LogP) is 1.48. The smallest absolute Gasteiger partial charge is 0.244 e. The third-order valence-electron chi connectivity index (χ3n) is 5.77. The Kier molecular flexibility index (Phi) is 6.06. The van der Waals surface area contributed by atoms with E-state index in [1.807, 2.05) is 26.0 Å². The van der Waals surface area contributed by atoms with Crippen molar-refractivity contribution in [1.82, 2.24) is 19.7 Å². The van der Waals surface area contributed by atoms with Gasteiger partial charge >= 0.3 is 0 Å². The van der Waals surface area contributed by atoms with Crippen LogP contribution in [0.25, 0.3) is 0 Å². The van der Waals surface area contributed by atoms with E-state index < -0.39 is 0 Å². The van der Waals surface area contributed by atoms with Gasteiger partial charge in [0.25, 0.3) is 0 Å². The summed E-state index contributed by atoms with van der Waals surface area (Å²) >= 11 is 0. The number of aryl methyl sites for hydroxylation is 2. The molecule has 2 aromatic heterocycles. The normalized spacial score (nSPS) is 21.6. The lowest BCUT2D eigenvalue weighted by molar-refractivity contribution is -0.132. The molecule has 0 saturated carbocycles. The molecular weight excluding hydrogens is 400 g/mol. The van der Waals surface area contributed by atoms with Gasteiger partial charge in [-0.25, -0.2) is 0 Å². The number of likely N-dealkylation sites (tertiary alicyclic amines) is 1. The van der Waals surface area contributed by atoms with Gasteiger partial charge in [0.15, 0.2) is 5.78 Å². The molecule has 1 amide bonds. The lowest BCUT2D eigenvalue weighted by atomic mass is 10.1. The average Bonchev–Trinajstić information content (AvgIpc) is 3.19. The second-order valence-corrected chi connectivity index (χ2v) is 8.18. The van der Waals surface area contributed by atoms with E-state index in [0.29, 0.717) is 49.0 Å². The van der Waals surface area contributed by atoms with Gasteiger partial charge in [-0.3, -0.25) is 19.3 Å². The number of hydrogen-bond acceptors (Lipinski definition) is 7. The maximum Gasteiger partial charge on any atom is 0.244 e. The van der Waals surface area contributed by atoms with Crippen LogP contribution in [0.15, 0.2) is 18.3 Å². The third kappa shape index (κ3) is 4.62. The fourth-order valence-corrected chi connectivity index (χ4v) is 4.15. The van der Waals surface area contributed by atoms with Crippen molar-refractivity contribution < 1.29 is 23.8 Å². The Hall–Kier alpha value is -2.78. The van der Waals surface area contributed by atoms with Crippen LogP contribution in [0.2, 0.25) is 0 Å². The zero-order valence-electron chi connectivity index (χ0n) is 18.3. The van der Waals surface area contributed by atoms with Crippen molar-refractivity contribution >= 4 is 11.7 Å². The molecule has 2 fully saturated rings. The molecule has 2 aliphatic heterocycles.